The second-order valence-corrected chi connectivity index (χ2v) is 8.84. The molecule has 2 heterocycles. The highest BCUT2D eigenvalue weighted by molar-refractivity contribution is 9.11. The minimum Gasteiger partial charge on any atom is -0.336 e. The molecule has 0 atom stereocenters. The molecule has 1 N–H and O–H groups in total. The number of benzene rings is 1. The van der Waals surface area contributed by atoms with E-state index in [0.717, 1.165) is 8.66 Å². The lowest BCUT2D eigenvalue weighted by Gasteiger charge is -2.18. The molecular weight excluding hydrogens is 420 g/mol. The highest BCUT2D eigenvalue weighted by atomic mass is 79.9. The van der Waals surface area contributed by atoms with Crippen LogP contribution in [0, 0.1) is 0 Å². The van der Waals surface area contributed by atoms with Crippen LogP contribution in [0.25, 0.3) is 0 Å². The van der Waals surface area contributed by atoms with Gasteiger partial charge in [-0.05, 0) is 51.6 Å². The van der Waals surface area contributed by atoms with Gasteiger partial charge in [-0.15, -0.1) is 22.7 Å². The zero-order valence-corrected chi connectivity index (χ0v) is 16.6. The average molecular weight is 435 g/mol. The molecule has 0 saturated carbocycles. The normalized spacial score (nSPS) is 10.5. The fraction of sp³-hybridized carbons (Fsp3) is 0.111. The first-order valence-electron chi connectivity index (χ1n) is 7.48. The Balaban J connectivity index is 1.77. The zero-order chi connectivity index (χ0) is 17.8. The third-order valence-corrected chi connectivity index (χ3v) is 6.00. The molecule has 3 aromatic rings. The smallest absolute Gasteiger partial charge is 0.265 e. The van der Waals surface area contributed by atoms with Gasteiger partial charge in [0.05, 0.1) is 26.5 Å². The summed E-state index contributed by atoms with van der Waals surface area (Å²) in [6, 6.07) is 14.6. The predicted molar refractivity (Wildman–Crippen MR) is 107 cm³/mol. The number of rotatable bonds is 5. The molecule has 0 radical (unpaired) electrons. The number of thiophene rings is 2. The van der Waals surface area contributed by atoms with Gasteiger partial charge < -0.3 is 10.2 Å². The summed E-state index contributed by atoms with van der Waals surface area (Å²) in [6.45, 7) is 0.516. The Morgan fingerprint density at radius 3 is 2.60 bits per heavy atom. The number of nitrogens with zero attached hydrogens (tertiary/aromatic N) is 1. The molecule has 0 saturated heterocycles. The van der Waals surface area contributed by atoms with E-state index in [1.54, 1.807) is 53.6 Å². The molecule has 0 aliphatic rings. The van der Waals surface area contributed by atoms with Crippen molar-refractivity contribution in [3.63, 3.8) is 0 Å². The molecule has 1 aromatic carbocycles. The van der Waals surface area contributed by atoms with Gasteiger partial charge in [0.25, 0.3) is 11.8 Å². The average Bonchev–Trinajstić information content (AvgIpc) is 3.26. The first-order chi connectivity index (χ1) is 12.0. The number of hydrogen-bond donors (Lipinski definition) is 1. The van der Waals surface area contributed by atoms with Crippen LogP contribution in [-0.4, -0.2) is 23.8 Å². The molecule has 0 aliphatic carbocycles. The summed E-state index contributed by atoms with van der Waals surface area (Å²) in [4.78, 5) is 28.4. The van der Waals surface area contributed by atoms with Crippen LogP contribution in [0.1, 0.15) is 24.9 Å². The number of halogens is 1. The van der Waals surface area contributed by atoms with Crippen LogP contribution >= 0.6 is 38.6 Å². The quantitative estimate of drug-likeness (QED) is 0.607. The third-order valence-electron chi connectivity index (χ3n) is 3.52. The first kappa shape index (κ1) is 17.8. The summed E-state index contributed by atoms with van der Waals surface area (Å²) in [5, 5.41) is 4.68. The maximum absolute atomic E-state index is 12.8. The van der Waals surface area contributed by atoms with E-state index in [1.807, 2.05) is 23.6 Å². The predicted octanol–water partition coefficient (Wildman–Crippen LogP) is 5.10. The van der Waals surface area contributed by atoms with Gasteiger partial charge >= 0.3 is 0 Å². The second-order valence-electron chi connectivity index (χ2n) is 5.34. The summed E-state index contributed by atoms with van der Waals surface area (Å²) >= 11 is 6.39. The Labute approximate surface area is 162 Å². The third kappa shape index (κ3) is 4.36. The van der Waals surface area contributed by atoms with E-state index in [0.29, 0.717) is 22.7 Å². The Morgan fingerprint density at radius 1 is 1.12 bits per heavy atom. The molecule has 0 bridgehead atoms. The van der Waals surface area contributed by atoms with Crippen LogP contribution < -0.4 is 5.32 Å². The Kier molecular flexibility index (Phi) is 5.67. The van der Waals surface area contributed by atoms with Crippen molar-refractivity contribution in [1.29, 1.82) is 0 Å². The maximum Gasteiger partial charge on any atom is 0.265 e. The van der Waals surface area contributed by atoms with Crippen molar-refractivity contribution in [2.75, 3.05) is 12.4 Å². The van der Waals surface area contributed by atoms with Crippen molar-refractivity contribution in [2.45, 2.75) is 6.54 Å². The monoisotopic (exact) mass is 434 g/mol. The summed E-state index contributed by atoms with van der Waals surface area (Å²) in [5.74, 6) is -0.341. The van der Waals surface area contributed by atoms with Gasteiger partial charge in [-0.3, -0.25) is 9.59 Å². The summed E-state index contributed by atoms with van der Waals surface area (Å²) in [7, 11) is 1.76. The van der Waals surface area contributed by atoms with E-state index in [9.17, 15) is 9.59 Å². The van der Waals surface area contributed by atoms with E-state index in [2.05, 4.69) is 21.2 Å². The topological polar surface area (TPSA) is 49.4 Å². The fourth-order valence-corrected chi connectivity index (χ4v) is 4.47. The zero-order valence-electron chi connectivity index (χ0n) is 13.4. The van der Waals surface area contributed by atoms with Gasteiger partial charge in [0.1, 0.15) is 0 Å². The highest BCUT2D eigenvalue weighted by Gasteiger charge is 2.18. The molecule has 7 heteroatoms. The van der Waals surface area contributed by atoms with Crippen LogP contribution in [0.5, 0.6) is 0 Å². The standard InChI is InChI=1S/C18H15BrN2O2S2/c1-21(11-12-8-9-16(19)25-12)18(23)13-5-2-3-6-14(13)20-17(22)15-7-4-10-24-15/h2-10H,11H2,1H3,(H,20,22). The molecule has 4 nitrogen and oxygen atoms in total. The SMILES string of the molecule is CN(Cc1ccc(Br)s1)C(=O)c1ccccc1NC(=O)c1cccs1. The number of carbonyl (C=O) groups is 2. The number of hydrogen-bond acceptors (Lipinski definition) is 4. The lowest BCUT2D eigenvalue weighted by atomic mass is 10.1. The first-order valence-corrected chi connectivity index (χ1v) is 9.97. The second kappa shape index (κ2) is 7.95. The number of anilines is 1. The molecule has 3 rings (SSSR count). The van der Waals surface area contributed by atoms with Crippen LogP contribution in [-0.2, 0) is 6.54 Å². The Bertz CT molecular complexity index is 890. The molecule has 0 aliphatic heterocycles. The minimum absolute atomic E-state index is 0.133. The van der Waals surface area contributed by atoms with Crippen LogP contribution in [0.4, 0.5) is 5.69 Å². The Hall–Kier alpha value is -1.96. The molecule has 128 valence electrons. The van der Waals surface area contributed by atoms with Crippen molar-refractivity contribution in [3.8, 4) is 0 Å². The fourth-order valence-electron chi connectivity index (χ4n) is 2.32. The van der Waals surface area contributed by atoms with Crippen LogP contribution in [0.15, 0.2) is 57.7 Å². The summed E-state index contributed by atoms with van der Waals surface area (Å²) in [6.07, 6.45) is 0. The summed E-state index contributed by atoms with van der Waals surface area (Å²) < 4.78 is 1.03. The van der Waals surface area contributed by atoms with Gasteiger partial charge in [0.15, 0.2) is 0 Å². The largest absolute Gasteiger partial charge is 0.336 e. The Morgan fingerprint density at radius 2 is 1.92 bits per heavy atom. The van der Waals surface area contributed by atoms with Gasteiger partial charge in [-0.1, -0.05) is 18.2 Å². The van der Waals surface area contributed by atoms with E-state index in [4.69, 9.17) is 0 Å². The maximum atomic E-state index is 12.8. The van der Waals surface area contributed by atoms with E-state index < -0.39 is 0 Å². The molecule has 25 heavy (non-hydrogen) atoms. The molecule has 2 amide bonds. The van der Waals surface area contributed by atoms with Crippen molar-refractivity contribution in [1.82, 2.24) is 4.90 Å². The van der Waals surface area contributed by atoms with Crippen LogP contribution in [0.3, 0.4) is 0 Å². The van der Waals surface area contributed by atoms with Gasteiger partial charge in [-0.2, -0.15) is 0 Å². The van der Waals surface area contributed by atoms with Crippen molar-refractivity contribution >= 4 is 56.1 Å². The number of amides is 2. The van der Waals surface area contributed by atoms with Gasteiger partial charge in [-0.25, -0.2) is 0 Å². The van der Waals surface area contributed by atoms with Crippen molar-refractivity contribution < 1.29 is 9.59 Å². The number of nitrogens with one attached hydrogen (secondary N) is 1. The van der Waals surface area contributed by atoms with Gasteiger partial charge in [0, 0.05) is 11.9 Å². The van der Waals surface area contributed by atoms with Gasteiger partial charge in [0.2, 0.25) is 0 Å². The molecule has 0 spiro atoms. The summed E-state index contributed by atoms with van der Waals surface area (Å²) in [5.41, 5.74) is 0.996. The molecule has 2 aromatic heterocycles. The van der Waals surface area contributed by atoms with Crippen LogP contribution in [0.2, 0.25) is 0 Å². The number of carbonyl (C=O) groups excluding carboxylic acids is 2. The van der Waals surface area contributed by atoms with Crippen molar-refractivity contribution in [2.24, 2.45) is 0 Å². The van der Waals surface area contributed by atoms with E-state index in [1.165, 1.54) is 11.3 Å². The highest BCUT2D eigenvalue weighted by Crippen LogP contribution is 2.24. The lowest BCUT2D eigenvalue weighted by Crippen LogP contribution is -2.27. The van der Waals surface area contributed by atoms with Crippen molar-refractivity contribution in [3.05, 3.63) is 73.0 Å². The number of para-hydroxylation sites is 1. The molecular formula is C18H15BrN2O2S2. The minimum atomic E-state index is -0.208. The molecule has 0 fully saturated rings. The lowest BCUT2D eigenvalue weighted by molar-refractivity contribution is 0.0787. The van der Waals surface area contributed by atoms with E-state index in [-0.39, 0.29) is 11.8 Å². The van der Waals surface area contributed by atoms with E-state index >= 15 is 0 Å². The molecule has 0 unspecified atom stereocenters.